The Labute approximate surface area is 85.6 Å². The number of nitrogens with one attached hydrogen (secondary N) is 1. The van der Waals surface area contributed by atoms with Crippen molar-refractivity contribution >= 4 is 11.2 Å². The summed E-state index contributed by atoms with van der Waals surface area (Å²) >= 11 is 0. The lowest BCUT2D eigenvalue weighted by Gasteiger charge is -2.27. The largest absolute Gasteiger partial charge is 0.330 e. The molecule has 0 aliphatic carbocycles. The van der Waals surface area contributed by atoms with Crippen molar-refractivity contribution in [3.05, 3.63) is 23.0 Å². The lowest BCUT2D eigenvalue weighted by molar-refractivity contribution is 0.340. The fourth-order valence-electron chi connectivity index (χ4n) is 1.88. The van der Waals surface area contributed by atoms with Crippen LogP contribution in [0.25, 0.3) is 11.2 Å². The van der Waals surface area contributed by atoms with Gasteiger partial charge in [-0.25, -0.2) is 14.8 Å². The highest BCUT2D eigenvalue weighted by Crippen LogP contribution is 2.15. The van der Waals surface area contributed by atoms with Crippen molar-refractivity contribution in [3.63, 3.8) is 0 Å². The van der Waals surface area contributed by atoms with Gasteiger partial charge in [-0.3, -0.25) is 9.13 Å². The number of rotatable bonds is 1. The van der Waals surface area contributed by atoms with Gasteiger partial charge in [0.1, 0.15) is 11.8 Å². The van der Waals surface area contributed by atoms with Crippen molar-refractivity contribution in [1.82, 2.24) is 24.4 Å². The van der Waals surface area contributed by atoms with Crippen LogP contribution in [0.3, 0.4) is 0 Å². The third kappa shape index (κ3) is 1.05. The van der Waals surface area contributed by atoms with Gasteiger partial charge in [-0.1, -0.05) is 0 Å². The van der Waals surface area contributed by atoms with Gasteiger partial charge < -0.3 is 5.32 Å². The molecule has 1 N–H and O–H groups in total. The summed E-state index contributed by atoms with van der Waals surface area (Å²) in [7, 11) is 1.75. The second kappa shape index (κ2) is 2.90. The summed E-state index contributed by atoms with van der Waals surface area (Å²) in [5, 5.41) is 3.15. The summed E-state index contributed by atoms with van der Waals surface area (Å²) in [5.74, 6) is 0. The molecule has 0 spiro atoms. The highest BCUT2D eigenvalue weighted by Gasteiger charge is 2.24. The maximum Gasteiger partial charge on any atom is 0.330 e. The lowest BCUT2D eigenvalue weighted by atomic mass is 10.2. The maximum atomic E-state index is 12.0. The first-order chi connectivity index (χ1) is 7.29. The molecule has 1 aliphatic rings. The van der Waals surface area contributed by atoms with Crippen molar-refractivity contribution in [2.75, 3.05) is 13.1 Å². The van der Waals surface area contributed by atoms with Crippen LogP contribution in [0.4, 0.5) is 0 Å². The number of hydrogen-bond donors (Lipinski definition) is 1. The quantitative estimate of drug-likeness (QED) is 0.667. The van der Waals surface area contributed by atoms with Gasteiger partial charge in [-0.05, 0) is 0 Å². The Balaban J connectivity index is 2.36. The van der Waals surface area contributed by atoms with Crippen LogP contribution in [0.2, 0.25) is 0 Å². The average Bonchev–Trinajstić information content (AvgIpc) is 2.42. The molecule has 6 nitrogen and oxygen atoms in total. The van der Waals surface area contributed by atoms with Crippen LogP contribution in [-0.4, -0.2) is 32.2 Å². The molecule has 2 aromatic heterocycles. The van der Waals surface area contributed by atoms with Crippen LogP contribution in [0.1, 0.15) is 6.04 Å². The first-order valence-corrected chi connectivity index (χ1v) is 4.86. The van der Waals surface area contributed by atoms with Crippen molar-refractivity contribution in [2.45, 2.75) is 6.04 Å². The molecule has 6 heteroatoms. The molecule has 2 aromatic rings. The summed E-state index contributed by atoms with van der Waals surface area (Å²) in [5.41, 5.74) is 1.50. The van der Waals surface area contributed by atoms with Crippen molar-refractivity contribution in [3.8, 4) is 0 Å². The maximum absolute atomic E-state index is 12.0. The van der Waals surface area contributed by atoms with Gasteiger partial charge in [0.15, 0.2) is 5.65 Å². The first-order valence-electron chi connectivity index (χ1n) is 4.86. The molecule has 0 radical (unpaired) electrons. The zero-order valence-electron chi connectivity index (χ0n) is 8.34. The molecule has 0 bridgehead atoms. The van der Waals surface area contributed by atoms with Gasteiger partial charge >= 0.3 is 5.69 Å². The minimum absolute atomic E-state index is 0.0167. The third-order valence-corrected chi connectivity index (χ3v) is 2.88. The molecule has 15 heavy (non-hydrogen) atoms. The predicted octanol–water partition coefficient (Wildman–Crippen LogP) is -0.726. The molecule has 0 amide bonds. The lowest BCUT2D eigenvalue weighted by Crippen LogP contribution is -2.46. The minimum atomic E-state index is -0.0167. The van der Waals surface area contributed by atoms with Gasteiger partial charge in [0.05, 0.1) is 12.2 Å². The fraction of sp³-hybridized carbons (Fsp3) is 0.444. The van der Waals surface area contributed by atoms with Crippen LogP contribution in [0.5, 0.6) is 0 Å². The van der Waals surface area contributed by atoms with Crippen molar-refractivity contribution in [1.29, 1.82) is 0 Å². The Morgan fingerprint density at radius 2 is 2.33 bits per heavy atom. The van der Waals surface area contributed by atoms with Crippen molar-refractivity contribution in [2.24, 2.45) is 7.05 Å². The van der Waals surface area contributed by atoms with E-state index in [-0.39, 0.29) is 11.7 Å². The monoisotopic (exact) mass is 205 g/mol. The van der Waals surface area contributed by atoms with Gasteiger partial charge in [0.25, 0.3) is 0 Å². The number of aromatic nitrogens is 4. The summed E-state index contributed by atoms with van der Waals surface area (Å²) in [6.45, 7) is 1.67. The molecule has 3 rings (SSSR count). The van der Waals surface area contributed by atoms with E-state index in [1.807, 2.05) is 0 Å². The van der Waals surface area contributed by atoms with E-state index in [0.29, 0.717) is 0 Å². The van der Waals surface area contributed by atoms with Gasteiger partial charge in [0.2, 0.25) is 0 Å². The molecule has 0 saturated carbocycles. The minimum Gasteiger partial charge on any atom is -0.313 e. The van der Waals surface area contributed by atoms with E-state index in [4.69, 9.17) is 0 Å². The summed E-state index contributed by atoms with van der Waals surface area (Å²) in [6, 6.07) is 0.232. The number of imidazole rings is 1. The Morgan fingerprint density at radius 3 is 3.00 bits per heavy atom. The van der Waals surface area contributed by atoms with Crippen LogP contribution < -0.4 is 11.0 Å². The normalized spacial score (nSPS) is 16.9. The molecule has 1 aliphatic heterocycles. The zero-order valence-corrected chi connectivity index (χ0v) is 8.34. The second-order valence-corrected chi connectivity index (χ2v) is 3.76. The Kier molecular flexibility index (Phi) is 1.66. The number of nitrogens with zero attached hydrogens (tertiary/aromatic N) is 4. The fourth-order valence-corrected chi connectivity index (χ4v) is 1.88. The SMILES string of the molecule is Cn1c(=O)n(C2CNC2)c2ncncc21. The number of hydrogen-bond acceptors (Lipinski definition) is 4. The molecular weight excluding hydrogens is 194 g/mol. The van der Waals surface area contributed by atoms with E-state index in [9.17, 15) is 4.79 Å². The topological polar surface area (TPSA) is 64.7 Å². The number of aryl methyl sites for hydroxylation is 1. The summed E-state index contributed by atoms with van der Waals surface area (Å²) in [6.07, 6.45) is 3.15. The average molecular weight is 205 g/mol. The predicted molar refractivity (Wildman–Crippen MR) is 54.7 cm³/mol. The van der Waals surface area contributed by atoms with E-state index in [2.05, 4.69) is 15.3 Å². The standard InChI is InChI=1S/C9H11N5O/c1-13-7-4-11-5-12-8(7)14(9(13)15)6-2-10-3-6/h4-6,10H,2-3H2,1H3. The van der Waals surface area contributed by atoms with Crippen LogP contribution in [-0.2, 0) is 7.05 Å². The molecule has 78 valence electrons. The van der Waals surface area contributed by atoms with Gasteiger partial charge in [-0.2, -0.15) is 0 Å². The Morgan fingerprint density at radius 1 is 1.53 bits per heavy atom. The molecule has 0 unspecified atom stereocenters. The van der Waals surface area contributed by atoms with Crippen LogP contribution >= 0.6 is 0 Å². The number of fused-ring (bicyclic) bond motifs is 1. The van der Waals surface area contributed by atoms with Gasteiger partial charge in [-0.15, -0.1) is 0 Å². The van der Waals surface area contributed by atoms with E-state index in [1.165, 1.54) is 6.33 Å². The van der Waals surface area contributed by atoms with Crippen LogP contribution in [0, 0.1) is 0 Å². The van der Waals surface area contributed by atoms with Crippen LogP contribution in [0.15, 0.2) is 17.3 Å². The molecular formula is C9H11N5O. The molecule has 3 heterocycles. The molecule has 1 fully saturated rings. The molecule has 0 aromatic carbocycles. The van der Waals surface area contributed by atoms with Gasteiger partial charge in [0, 0.05) is 20.1 Å². The van der Waals surface area contributed by atoms with E-state index < -0.39 is 0 Å². The molecule has 1 saturated heterocycles. The van der Waals surface area contributed by atoms with E-state index in [1.54, 1.807) is 22.4 Å². The first kappa shape index (κ1) is 8.60. The third-order valence-electron chi connectivity index (χ3n) is 2.88. The van der Waals surface area contributed by atoms with E-state index in [0.717, 1.165) is 24.3 Å². The highest BCUT2D eigenvalue weighted by molar-refractivity contribution is 5.70. The summed E-state index contributed by atoms with van der Waals surface area (Å²) in [4.78, 5) is 20.1. The zero-order chi connectivity index (χ0) is 10.4. The Hall–Kier alpha value is -1.69. The van der Waals surface area contributed by atoms with E-state index >= 15 is 0 Å². The van der Waals surface area contributed by atoms with Crippen molar-refractivity contribution < 1.29 is 0 Å². The Bertz CT molecular complexity index is 565. The summed E-state index contributed by atoms with van der Waals surface area (Å²) < 4.78 is 3.33. The smallest absolute Gasteiger partial charge is 0.313 e. The molecule has 0 atom stereocenters. The highest BCUT2D eigenvalue weighted by atomic mass is 16.1. The second-order valence-electron chi connectivity index (χ2n) is 3.76.